The van der Waals surface area contributed by atoms with Gasteiger partial charge in [0, 0.05) is 46.9 Å². The van der Waals surface area contributed by atoms with E-state index in [-0.39, 0.29) is 5.25 Å². The number of hydrogen-bond donors (Lipinski definition) is 1. The van der Waals surface area contributed by atoms with Gasteiger partial charge in [-0.1, -0.05) is 0 Å². The van der Waals surface area contributed by atoms with E-state index < -0.39 is 10.8 Å². The van der Waals surface area contributed by atoms with Crippen molar-refractivity contribution in [3.8, 4) is 0 Å². The highest BCUT2D eigenvalue weighted by molar-refractivity contribution is 7.84. The van der Waals surface area contributed by atoms with Gasteiger partial charge >= 0.3 is 0 Å². The van der Waals surface area contributed by atoms with Crippen molar-refractivity contribution in [3.05, 3.63) is 24.5 Å². The Hall–Kier alpha value is -0.900. The number of rotatable bonds is 4. The SMILES string of the molecule is CC(CNc1ccncc1)S(C)=O. The molecule has 0 amide bonds. The second-order valence-corrected chi connectivity index (χ2v) is 4.73. The molecule has 1 rings (SSSR count). The minimum absolute atomic E-state index is 0.174. The first-order valence-electron chi connectivity index (χ1n) is 4.16. The van der Waals surface area contributed by atoms with Crippen LogP contribution in [0.15, 0.2) is 24.5 Å². The highest BCUT2D eigenvalue weighted by Crippen LogP contribution is 2.03. The van der Waals surface area contributed by atoms with Gasteiger partial charge in [-0.05, 0) is 19.1 Å². The average molecular weight is 198 g/mol. The van der Waals surface area contributed by atoms with Crippen molar-refractivity contribution in [1.82, 2.24) is 4.98 Å². The van der Waals surface area contributed by atoms with Crippen LogP contribution in [0.1, 0.15) is 6.92 Å². The van der Waals surface area contributed by atoms with E-state index >= 15 is 0 Å². The third kappa shape index (κ3) is 3.55. The van der Waals surface area contributed by atoms with Crippen molar-refractivity contribution in [1.29, 1.82) is 0 Å². The van der Waals surface area contributed by atoms with Gasteiger partial charge in [-0.3, -0.25) is 9.19 Å². The minimum Gasteiger partial charge on any atom is -0.384 e. The van der Waals surface area contributed by atoms with Crippen molar-refractivity contribution in [3.63, 3.8) is 0 Å². The molecular weight excluding hydrogens is 184 g/mol. The van der Waals surface area contributed by atoms with Crippen LogP contribution in [0.5, 0.6) is 0 Å². The molecule has 13 heavy (non-hydrogen) atoms. The average Bonchev–Trinajstić information content (AvgIpc) is 2.15. The maximum atomic E-state index is 11.0. The summed E-state index contributed by atoms with van der Waals surface area (Å²) < 4.78 is 11.0. The van der Waals surface area contributed by atoms with E-state index in [1.54, 1.807) is 18.6 Å². The van der Waals surface area contributed by atoms with Crippen molar-refractivity contribution >= 4 is 16.5 Å². The molecule has 72 valence electrons. The van der Waals surface area contributed by atoms with Gasteiger partial charge in [0.05, 0.1) is 0 Å². The molecule has 1 aromatic rings. The van der Waals surface area contributed by atoms with Crippen molar-refractivity contribution in [2.75, 3.05) is 18.1 Å². The summed E-state index contributed by atoms with van der Waals surface area (Å²) >= 11 is 0. The lowest BCUT2D eigenvalue weighted by atomic mass is 10.4. The molecule has 0 spiro atoms. The summed E-state index contributed by atoms with van der Waals surface area (Å²) in [4.78, 5) is 3.91. The molecule has 1 aromatic heterocycles. The van der Waals surface area contributed by atoms with E-state index in [1.807, 2.05) is 19.1 Å². The van der Waals surface area contributed by atoms with Crippen molar-refractivity contribution in [2.24, 2.45) is 0 Å². The van der Waals surface area contributed by atoms with Crippen LogP contribution < -0.4 is 5.32 Å². The zero-order valence-electron chi connectivity index (χ0n) is 7.86. The van der Waals surface area contributed by atoms with Crippen LogP contribution in [-0.2, 0) is 10.8 Å². The third-order valence-electron chi connectivity index (χ3n) is 1.84. The fourth-order valence-corrected chi connectivity index (χ4v) is 1.17. The Morgan fingerprint density at radius 2 is 2.15 bits per heavy atom. The lowest BCUT2D eigenvalue weighted by Crippen LogP contribution is -2.20. The van der Waals surface area contributed by atoms with E-state index in [0.29, 0.717) is 0 Å². The summed E-state index contributed by atoms with van der Waals surface area (Å²) in [6.45, 7) is 2.69. The summed E-state index contributed by atoms with van der Waals surface area (Å²) in [5, 5.41) is 3.37. The fourth-order valence-electron chi connectivity index (χ4n) is 0.849. The second-order valence-electron chi connectivity index (χ2n) is 2.93. The van der Waals surface area contributed by atoms with Gasteiger partial charge in [-0.25, -0.2) is 0 Å². The highest BCUT2D eigenvalue weighted by atomic mass is 32.2. The Bertz CT molecular complexity index is 276. The largest absolute Gasteiger partial charge is 0.384 e. The van der Waals surface area contributed by atoms with Crippen LogP contribution >= 0.6 is 0 Å². The van der Waals surface area contributed by atoms with Crippen molar-refractivity contribution < 1.29 is 4.21 Å². The first kappa shape index (κ1) is 10.2. The van der Waals surface area contributed by atoms with E-state index in [2.05, 4.69) is 10.3 Å². The lowest BCUT2D eigenvalue weighted by Gasteiger charge is -2.10. The maximum Gasteiger partial charge on any atom is 0.0489 e. The quantitative estimate of drug-likeness (QED) is 0.792. The molecule has 0 fully saturated rings. The third-order valence-corrected chi connectivity index (χ3v) is 3.14. The van der Waals surface area contributed by atoms with Gasteiger partial charge < -0.3 is 5.32 Å². The molecule has 0 aliphatic heterocycles. The van der Waals surface area contributed by atoms with Crippen LogP contribution in [0.2, 0.25) is 0 Å². The molecular formula is C9H14N2OS. The monoisotopic (exact) mass is 198 g/mol. The van der Waals surface area contributed by atoms with Crippen LogP contribution in [-0.4, -0.2) is 27.2 Å². The van der Waals surface area contributed by atoms with Crippen LogP contribution in [0, 0.1) is 0 Å². The summed E-state index contributed by atoms with van der Waals surface area (Å²) in [5.74, 6) is 0. The number of hydrogen-bond acceptors (Lipinski definition) is 3. The molecule has 0 aliphatic carbocycles. The summed E-state index contributed by atoms with van der Waals surface area (Å²) in [7, 11) is -0.762. The van der Waals surface area contributed by atoms with Gasteiger partial charge in [-0.15, -0.1) is 0 Å². The van der Waals surface area contributed by atoms with Gasteiger partial charge in [0.25, 0.3) is 0 Å². The summed E-state index contributed by atoms with van der Waals surface area (Å²) in [5.41, 5.74) is 1.02. The van der Waals surface area contributed by atoms with Crippen LogP contribution in [0.3, 0.4) is 0 Å². The first-order valence-corrected chi connectivity index (χ1v) is 5.78. The Labute approximate surface area is 81.0 Å². The first-order chi connectivity index (χ1) is 6.20. The number of anilines is 1. The number of pyridine rings is 1. The molecule has 1 N–H and O–H groups in total. The lowest BCUT2D eigenvalue weighted by molar-refractivity contribution is 0.679. The topological polar surface area (TPSA) is 42.0 Å². The Balaban J connectivity index is 2.39. The molecule has 0 saturated carbocycles. The van der Waals surface area contributed by atoms with Gasteiger partial charge in [0.1, 0.15) is 0 Å². The maximum absolute atomic E-state index is 11.0. The zero-order valence-corrected chi connectivity index (χ0v) is 8.67. The standard InChI is InChI=1S/C9H14N2OS/c1-8(13(2)12)7-11-9-3-5-10-6-4-9/h3-6,8H,7H2,1-2H3,(H,10,11). The zero-order chi connectivity index (χ0) is 9.68. The molecule has 1 heterocycles. The van der Waals surface area contributed by atoms with Crippen LogP contribution in [0.4, 0.5) is 5.69 Å². The predicted octanol–water partition coefficient (Wildman–Crippen LogP) is 1.26. The molecule has 4 heteroatoms. The molecule has 0 aromatic carbocycles. The fraction of sp³-hybridized carbons (Fsp3) is 0.444. The number of aromatic nitrogens is 1. The Morgan fingerprint density at radius 3 is 2.69 bits per heavy atom. The molecule has 0 bridgehead atoms. The molecule has 0 aliphatic rings. The van der Waals surface area contributed by atoms with Crippen molar-refractivity contribution in [2.45, 2.75) is 12.2 Å². The van der Waals surface area contributed by atoms with Crippen LogP contribution in [0.25, 0.3) is 0 Å². The highest BCUT2D eigenvalue weighted by Gasteiger charge is 2.04. The summed E-state index contributed by atoms with van der Waals surface area (Å²) in [6.07, 6.45) is 5.19. The van der Waals surface area contributed by atoms with E-state index in [0.717, 1.165) is 12.2 Å². The molecule has 2 unspecified atom stereocenters. The van der Waals surface area contributed by atoms with Gasteiger partial charge in [0.15, 0.2) is 0 Å². The number of nitrogens with one attached hydrogen (secondary N) is 1. The minimum atomic E-state index is -0.762. The summed E-state index contributed by atoms with van der Waals surface area (Å²) in [6, 6.07) is 3.79. The smallest absolute Gasteiger partial charge is 0.0489 e. The van der Waals surface area contributed by atoms with E-state index in [4.69, 9.17) is 0 Å². The Kier molecular flexibility index (Phi) is 3.89. The normalized spacial score (nSPS) is 14.9. The molecule has 3 nitrogen and oxygen atoms in total. The number of nitrogens with zero attached hydrogens (tertiary/aromatic N) is 1. The van der Waals surface area contributed by atoms with E-state index in [9.17, 15) is 4.21 Å². The van der Waals surface area contributed by atoms with Gasteiger partial charge in [-0.2, -0.15) is 0 Å². The Morgan fingerprint density at radius 1 is 1.54 bits per heavy atom. The molecule has 2 atom stereocenters. The predicted molar refractivity (Wildman–Crippen MR) is 56.3 cm³/mol. The van der Waals surface area contributed by atoms with Gasteiger partial charge in [0.2, 0.25) is 0 Å². The second kappa shape index (κ2) is 4.97. The molecule has 0 radical (unpaired) electrons. The molecule has 0 saturated heterocycles. The van der Waals surface area contributed by atoms with E-state index in [1.165, 1.54) is 0 Å².